The van der Waals surface area contributed by atoms with E-state index in [9.17, 15) is 4.79 Å². The van der Waals surface area contributed by atoms with Crippen LogP contribution in [0.1, 0.15) is 52.8 Å². The maximum atomic E-state index is 12.7. The number of nitrogen functional groups attached to an aromatic ring is 1. The normalized spacial score (nSPS) is 24.6. The van der Waals surface area contributed by atoms with Crippen molar-refractivity contribution in [3.8, 4) is 0 Å². The van der Waals surface area contributed by atoms with E-state index in [4.69, 9.17) is 10.8 Å². The van der Waals surface area contributed by atoms with Gasteiger partial charge in [0, 0.05) is 40.9 Å². The van der Waals surface area contributed by atoms with Gasteiger partial charge in [0.2, 0.25) is 0 Å². The number of anilines is 1. The number of piperidine rings is 1. The Bertz CT molecular complexity index is 1040. The molecule has 162 valence electrons. The highest BCUT2D eigenvalue weighted by molar-refractivity contribution is 5.97. The van der Waals surface area contributed by atoms with E-state index in [-0.39, 0.29) is 29.8 Å². The third-order valence-corrected chi connectivity index (χ3v) is 6.73. The van der Waals surface area contributed by atoms with Gasteiger partial charge < -0.3 is 11.1 Å². The number of hydrogen-bond acceptors (Lipinski definition) is 4. The Balaban J connectivity index is 1.50. The highest BCUT2D eigenvalue weighted by atomic mass is 16.2. The summed E-state index contributed by atoms with van der Waals surface area (Å²) in [6.45, 7) is 0. The van der Waals surface area contributed by atoms with E-state index in [2.05, 4.69) is 59.3 Å². The van der Waals surface area contributed by atoms with Crippen molar-refractivity contribution in [2.75, 3.05) is 5.73 Å². The molecule has 3 aromatic rings. The predicted molar refractivity (Wildman–Crippen MR) is 128 cm³/mol. The zero-order chi connectivity index (χ0) is 21.9. The quantitative estimate of drug-likeness (QED) is 0.413. The summed E-state index contributed by atoms with van der Waals surface area (Å²) in [5.74, 6) is 0.298. The van der Waals surface area contributed by atoms with Crippen molar-refractivity contribution < 1.29 is 4.79 Å². The molecule has 0 aromatic heterocycles. The van der Waals surface area contributed by atoms with Crippen LogP contribution in [0.5, 0.6) is 0 Å². The molecule has 4 atom stereocenters. The van der Waals surface area contributed by atoms with Crippen LogP contribution >= 0.6 is 0 Å². The van der Waals surface area contributed by atoms with Crippen molar-refractivity contribution in [1.29, 1.82) is 0 Å². The largest absolute Gasteiger partial charge is 0.399 e. The topological polar surface area (TPSA) is 79.5 Å². The predicted octanol–water partition coefficient (Wildman–Crippen LogP) is 4.86. The Morgan fingerprint density at radius 1 is 0.812 bits per heavy atom. The number of rotatable bonds is 4. The number of hydrogen-bond donors (Lipinski definition) is 3. The second kappa shape index (κ2) is 8.97. The summed E-state index contributed by atoms with van der Waals surface area (Å²) in [6, 6.07) is 28.4. The second-order valence-corrected chi connectivity index (χ2v) is 8.69. The van der Waals surface area contributed by atoms with Crippen LogP contribution < -0.4 is 16.5 Å². The molecule has 1 amide bonds. The lowest BCUT2D eigenvalue weighted by molar-refractivity contribution is 0.0953. The number of hydrazone groups is 1. The van der Waals surface area contributed by atoms with E-state index in [1.807, 2.05) is 12.1 Å². The molecule has 3 aromatic carbocycles. The lowest BCUT2D eigenvalue weighted by Crippen LogP contribution is -2.51. The minimum absolute atomic E-state index is 0.158. The van der Waals surface area contributed by atoms with E-state index in [1.165, 1.54) is 11.1 Å². The van der Waals surface area contributed by atoms with E-state index < -0.39 is 0 Å². The number of carbonyl (C=O) groups is 1. The third kappa shape index (κ3) is 4.04. The number of carbonyl (C=O) groups excluding carboxylic acids is 1. The molecular formula is C27H28N4O. The minimum atomic E-state index is -0.207. The standard InChI is InChI=1S/C27H28N4O/c28-21-16-14-20(15-17-21)27(32)31-30-26-22-12-7-13-23(26)25(19-10-5-2-6-11-19)29-24(22)18-8-3-1-4-9-18/h1-6,8-11,14-17,22-25,29H,7,12-13,28H2,(H,31,32). The molecule has 0 spiro atoms. The van der Waals surface area contributed by atoms with Gasteiger partial charge in [-0.05, 0) is 48.2 Å². The highest BCUT2D eigenvalue weighted by Gasteiger charge is 2.45. The molecule has 2 fully saturated rings. The Morgan fingerprint density at radius 2 is 1.34 bits per heavy atom. The van der Waals surface area contributed by atoms with Gasteiger partial charge in [0.1, 0.15) is 0 Å². The fourth-order valence-corrected chi connectivity index (χ4v) is 5.19. The third-order valence-electron chi connectivity index (χ3n) is 6.73. The Labute approximate surface area is 188 Å². The van der Waals surface area contributed by atoms with Gasteiger partial charge in [-0.2, -0.15) is 5.10 Å². The highest BCUT2D eigenvalue weighted by Crippen LogP contribution is 2.46. The van der Waals surface area contributed by atoms with Crippen molar-refractivity contribution in [3.63, 3.8) is 0 Å². The van der Waals surface area contributed by atoms with Gasteiger partial charge in [-0.25, -0.2) is 5.43 Å². The number of amides is 1. The first-order valence-electron chi connectivity index (χ1n) is 11.3. The first kappa shape index (κ1) is 20.5. The fourth-order valence-electron chi connectivity index (χ4n) is 5.19. The molecule has 5 heteroatoms. The van der Waals surface area contributed by atoms with Gasteiger partial charge in [0.25, 0.3) is 5.91 Å². The van der Waals surface area contributed by atoms with Gasteiger partial charge in [-0.1, -0.05) is 67.1 Å². The van der Waals surface area contributed by atoms with Crippen LogP contribution in [0.4, 0.5) is 5.69 Å². The lowest BCUT2D eigenvalue weighted by Gasteiger charge is -2.47. The van der Waals surface area contributed by atoms with Gasteiger partial charge in [-0.3, -0.25) is 4.79 Å². The average molecular weight is 425 g/mol. The van der Waals surface area contributed by atoms with Crippen LogP contribution in [-0.2, 0) is 0 Å². The molecule has 5 rings (SSSR count). The maximum absolute atomic E-state index is 12.7. The monoisotopic (exact) mass is 424 g/mol. The smallest absolute Gasteiger partial charge is 0.271 e. The molecule has 1 saturated carbocycles. The first-order valence-corrected chi connectivity index (χ1v) is 11.3. The summed E-state index contributed by atoms with van der Waals surface area (Å²) in [7, 11) is 0. The van der Waals surface area contributed by atoms with Crippen LogP contribution in [-0.4, -0.2) is 11.6 Å². The SMILES string of the molecule is Nc1ccc(C(=O)NN=C2C3CCCC2C(c2ccccc2)NC3c2ccccc2)cc1. The number of nitrogens with two attached hydrogens (primary N) is 1. The van der Waals surface area contributed by atoms with E-state index in [0.29, 0.717) is 11.3 Å². The van der Waals surface area contributed by atoms with Gasteiger partial charge in [0.05, 0.1) is 0 Å². The Hall–Kier alpha value is -3.44. The van der Waals surface area contributed by atoms with Crippen molar-refractivity contribution in [1.82, 2.24) is 10.7 Å². The summed E-state index contributed by atoms with van der Waals surface area (Å²) in [6.07, 6.45) is 3.27. The fraction of sp³-hybridized carbons (Fsp3) is 0.259. The van der Waals surface area contributed by atoms with Gasteiger partial charge >= 0.3 is 0 Å². The number of benzene rings is 3. The molecule has 1 aliphatic heterocycles. The van der Waals surface area contributed by atoms with Crippen LogP contribution in [0.25, 0.3) is 0 Å². The number of nitrogens with zero attached hydrogens (tertiary/aromatic N) is 1. The molecule has 1 saturated heterocycles. The Kier molecular flexibility index (Phi) is 5.73. The molecular weight excluding hydrogens is 396 g/mol. The van der Waals surface area contributed by atoms with Crippen molar-refractivity contribution in [2.24, 2.45) is 16.9 Å². The summed E-state index contributed by atoms with van der Waals surface area (Å²) >= 11 is 0. The molecule has 2 aliphatic rings. The van der Waals surface area contributed by atoms with E-state index in [1.54, 1.807) is 24.3 Å². The Morgan fingerprint density at radius 3 is 1.88 bits per heavy atom. The summed E-state index contributed by atoms with van der Waals surface area (Å²) < 4.78 is 0. The number of nitrogens with one attached hydrogen (secondary N) is 2. The van der Waals surface area contributed by atoms with Gasteiger partial charge in [0.15, 0.2) is 0 Å². The summed E-state index contributed by atoms with van der Waals surface area (Å²) in [5, 5.41) is 8.70. The first-order chi connectivity index (χ1) is 15.7. The van der Waals surface area contributed by atoms with E-state index in [0.717, 1.165) is 25.0 Å². The molecule has 32 heavy (non-hydrogen) atoms. The van der Waals surface area contributed by atoms with Crippen molar-refractivity contribution in [3.05, 3.63) is 102 Å². The van der Waals surface area contributed by atoms with Crippen LogP contribution in [0, 0.1) is 11.8 Å². The molecule has 4 N–H and O–H groups in total. The summed E-state index contributed by atoms with van der Waals surface area (Å²) in [4.78, 5) is 12.7. The van der Waals surface area contributed by atoms with E-state index >= 15 is 0 Å². The molecule has 5 nitrogen and oxygen atoms in total. The summed E-state index contributed by atoms with van der Waals surface area (Å²) in [5.41, 5.74) is 13.4. The average Bonchev–Trinajstić information content (AvgIpc) is 2.84. The van der Waals surface area contributed by atoms with Crippen LogP contribution in [0.15, 0.2) is 90.0 Å². The van der Waals surface area contributed by atoms with Crippen molar-refractivity contribution >= 4 is 17.3 Å². The molecule has 0 radical (unpaired) electrons. The van der Waals surface area contributed by atoms with Crippen molar-refractivity contribution in [2.45, 2.75) is 31.3 Å². The molecule has 2 bridgehead atoms. The van der Waals surface area contributed by atoms with Crippen LogP contribution in [0.2, 0.25) is 0 Å². The second-order valence-electron chi connectivity index (χ2n) is 8.69. The minimum Gasteiger partial charge on any atom is -0.399 e. The number of fused-ring (bicyclic) bond motifs is 2. The molecule has 1 heterocycles. The lowest BCUT2D eigenvalue weighted by atomic mass is 9.67. The van der Waals surface area contributed by atoms with Crippen LogP contribution in [0.3, 0.4) is 0 Å². The van der Waals surface area contributed by atoms with Gasteiger partial charge in [-0.15, -0.1) is 0 Å². The zero-order valence-corrected chi connectivity index (χ0v) is 17.9. The molecule has 1 aliphatic carbocycles. The molecule has 4 unspecified atom stereocenters. The maximum Gasteiger partial charge on any atom is 0.271 e. The zero-order valence-electron chi connectivity index (χ0n) is 17.9.